The molecule has 5 atom stereocenters. The summed E-state index contributed by atoms with van der Waals surface area (Å²) in [4.78, 5) is 67.5. The molecule has 14 nitrogen and oxygen atoms in total. The number of ether oxygens (including phenoxy) is 1. The number of benzene rings is 2. The number of rotatable bonds is 14. The first-order valence-electron chi connectivity index (χ1n) is 19.3. The molecular weight excluding hydrogens is 757 g/mol. The molecule has 17 heteroatoms. The average molecular weight is 807 g/mol. The van der Waals surface area contributed by atoms with Crippen molar-refractivity contribution in [2.24, 2.45) is 23.7 Å². The third kappa shape index (κ3) is 9.19. The lowest BCUT2D eigenvalue weighted by molar-refractivity contribution is -0.229. The number of imidazole rings is 2. The zero-order chi connectivity index (χ0) is 41.7. The van der Waals surface area contributed by atoms with Gasteiger partial charge in [-0.1, -0.05) is 76.2 Å². The third-order valence-corrected chi connectivity index (χ3v) is 11.0. The number of carbonyl (C=O) groups is 3. The number of carbonyl (C=O) groups excluding carboxylic acids is 3. The molecule has 6 rings (SSSR count). The molecule has 2 aliphatic rings. The predicted molar refractivity (Wildman–Crippen MR) is 208 cm³/mol. The lowest BCUT2D eigenvalue weighted by atomic mass is 9.95. The number of aromatic nitrogens is 4. The van der Waals surface area contributed by atoms with Gasteiger partial charge in [0.2, 0.25) is 18.2 Å². The molecule has 2 fully saturated rings. The number of nitrogens with zero attached hydrogens (tertiary/aromatic N) is 4. The first-order chi connectivity index (χ1) is 27.7. The quantitative estimate of drug-likeness (QED) is 0.0334. The number of amides is 3. The second-order valence-corrected chi connectivity index (χ2v) is 15.4. The lowest BCUT2D eigenvalue weighted by Gasteiger charge is -2.30. The van der Waals surface area contributed by atoms with Gasteiger partial charge in [-0.15, -0.1) is 0 Å². The van der Waals surface area contributed by atoms with Crippen LogP contribution in [0.15, 0.2) is 60.9 Å². The summed E-state index contributed by atoms with van der Waals surface area (Å²) >= 11 is 0. The van der Waals surface area contributed by atoms with Gasteiger partial charge in [0.25, 0.3) is 0 Å². The third-order valence-electron chi connectivity index (χ3n) is 11.0. The molecule has 0 radical (unpaired) electrons. The van der Waals surface area contributed by atoms with E-state index in [1.165, 1.54) is 0 Å². The average Bonchev–Trinajstić information content (AvgIpc) is 4.04. The van der Waals surface area contributed by atoms with Crippen LogP contribution in [0.25, 0.3) is 33.6 Å². The number of methoxy groups -OCH3 is 1. The molecule has 0 spiro atoms. The van der Waals surface area contributed by atoms with Crippen LogP contribution in [-0.2, 0) is 24.1 Å². The van der Waals surface area contributed by atoms with E-state index < -0.39 is 54.6 Å². The predicted octanol–water partition coefficient (Wildman–Crippen LogP) is 7.46. The van der Waals surface area contributed by atoms with Gasteiger partial charge in [-0.05, 0) is 53.4 Å². The van der Waals surface area contributed by atoms with E-state index in [0.717, 1.165) is 52.8 Å². The van der Waals surface area contributed by atoms with Gasteiger partial charge in [0.15, 0.2) is 0 Å². The topological polar surface area (TPSA) is 179 Å². The second kappa shape index (κ2) is 17.8. The van der Waals surface area contributed by atoms with Crippen molar-refractivity contribution in [3.63, 3.8) is 0 Å². The molecule has 0 saturated carbocycles. The summed E-state index contributed by atoms with van der Waals surface area (Å²) in [6.45, 7) is 7.40. The number of nitrogens with one attached hydrogen (secondary N) is 4. The fraction of sp³-hybridized carbons (Fsp3) is 0.463. The number of alkyl halides is 3. The van der Waals surface area contributed by atoms with Crippen LogP contribution in [0.1, 0.15) is 70.7 Å². The molecule has 0 unspecified atom stereocenters. The number of halogens is 3. The van der Waals surface area contributed by atoms with E-state index in [0.29, 0.717) is 24.5 Å². The van der Waals surface area contributed by atoms with Crippen LogP contribution in [0.5, 0.6) is 0 Å². The van der Waals surface area contributed by atoms with Gasteiger partial charge in [-0.2, -0.15) is 18.1 Å². The Kier molecular flexibility index (Phi) is 12.9. The monoisotopic (exact) mass is 806 g/mol. The standard InChI is InChI=1S/C41H49F3N8O6/c1-23(2)30(21-57-58-22-45)38(53)51-16-6-7-33(51)36-46-18-31(48-36)27-12-8-25(9-13-27)26-10-14-28(15-11-26)32-19-47-37(49-32)34-17-29(41(42,43)44)20-52(34)39(54)35(24(3)4)50-40(55)56-5/h8-15,18-19,22-24,29-30,33-35,45H,6-7,16-17,20-21H2,1-5H3,(H,46,48)(H,47,49)(H,50,55)/t29-,30-,33-,34-,35-/m0/s1. The number of alkyl carbamates (subject to hydrolysis) is 1. The molecule has 0 aliphatic carbocycles. The number of hydrogen-bond acceptors (Lipinski definition) is 9. The Morgan fingerprint density at radius 1 is 0.862 bits per heavy atom. The molecule has 2 saturated heterocycles. The van der Waals surface area contributed by atoms with Crippen LogP contribution in [-0.4, -0.2) is 93.1 Å². The van der Waals surface area contributed by atoms with Gasteiger partial charge in [0.1, 0.15) is 24.3 Å². The molecule has 2 aromatic heterocycles. The minimum atomic E-state index is -4.52. The zero-order valence-corrected chi connectivity index (χ0v) is 33.0. The summed E-state index contributed by atoms with van der Waals surface area (Å²) < 4.78 is 46.5. The Morgan fingerprint density at radius 3 is 1.91 bits per heavy atom. The summed E-state index contributed by atoms with van der Waals surface area (Å²) in [6.07, 6.45) is -0.104. The summed E-state index contributed by atoms with van der Waals surface area (Å²) in [5, 5.41) is 9.47. The van der Waals surface area contributed by atoms with Crippen LogP contribution < -0.4 is 5.32 Å². The largest absolute Gasteiger partial charge is 0.453 e. The first-order valence-corrected chi connectivity index (χ1v) is 19.3. The minimum absolute atomic E-state index is 0.0100. The van der Waals surface area contributed by atoms with Gasteiger partial charge in [0.05, 0.1) is 54.8 Å². The lowest BCUT2D eigenvalue weighted by Crippen LogP contribution is -2.51. The summed E-state index contributed by atoms with van der Waals surface area (Å²) in [5.74, 6) is -2.31. The summed E-state index contributed by atoms with van der Waals surface area (Å²) in [6, 6.07) is 13.4. The normalized spacial score (nSPS) is 19.4. The number of H-pyrrole nitrogens is 2. The van der Waals surface area contributed by atoms with Crippen LogP contribution in [0.4, 0.5) is 18.0 Å². The Hall–Kier alpha value is -5.71. The van der Waals surface area contributed by atoms with Crippen molar-refractivity contribution < 1.29 is 42.1 Å². The fourth-order valence-electron chi connectivity index (χ4n) is 7.67. The van der Waals surface area contributed by atoms with Crippen molar-refractivity contribution in [3.05, 3.63) is 72.6 Å². The van der Waals surface area contributed by atoms with Crippen molar-refractivity contribution in [3.8, 4) is 33.6 Å². The summed E-state index contributed by atoms with van der Waals surface area (Å²) in [7, 11) is 1.15. The Morgan fingerprint density at radius 2 is 1.41 bits per heavy atom. The minimum Gasteiger partial charge on any atom is -0.453 e. The van der Waals surface area contributed by atoms with Gasteiger partial charge < -0.3 is 34.7 Å². The molecule has 2 aliphatic heterocycles. The van der Waals surface area contributed by atoms with Gasteiger partial charge >= 0.3 is 12.3 Å². The van der Waals surface area contributed by atoms with E-state index in [4.69, 9.17) is 10.3 Å². The fourth-order valence-corrected chi connectivity index (χ4v) is 7.67. The molecule has 58 heavy (non-hydrogen) atoms. The summed E-state index contributed by atoms with van der Waals surface area (Å²) in [5.41, 5.74) is 4.97. The van der Waals surface area contributed by atoms with Gasteiger partial charge in [-0.25, -0.2) is 14.8 Å². The highest BCUT2D eigenvalue weighted by Gasteiger charge is 2.51. The zero-order valence-electron chi connectivity index (χ0n) is 33.0. The van der Waals surface area contributed by atoms with E-state index in [-0.39, 0.29) is 36.7 Å². The van der Waals surface area contributed by atoms with Crippen LogP contribution >= 0.6 is 0 Å². The second-order valence-electron chi connectivity index (χ2n) is 15.4. The maximum Gasteiger partial charge on any atom is 0.407 e. The van der Waals surface area contributed by atoms with Crippen molar-refractivity contribution >= 4 is 24.3 Å². The van der Waals surface area contributed by atoms with Gasteiger partial charge in [0, 0.05) is 13.1 Å². The van der Waals surface area contributed by atoms with Crippen molar-refractivity contribution in [1.82, 2.24) is 35.1 Å². The Bertz CT molecular complexity index is 2050. The number of aromatic amines is 2. The number of hydrogen-bond donors (Lipinski definition) is 4. The van der Waals surface area contributed by atoms with Crippen molar-refractivity contribution in [1.29, 1.82) is 5.41 Å². The molecular formula is C41H49F3N8O6. The molecule has 4 heterocycles. The van der Waals surface area contributed by atoms with E-state index >= 15 is 0 Å². The highest BCUT2D eigenvalue weighted by atomic mass is 19.4. The van der Waals surface area contributed by atoms with E-state index in [9.17, 15) is 27.6 Å². The van der Waals surface area contributed by atoms with E-state index in [2.05, 4.69) is 34.9 Å². The molecule has 2 aromatic carbocycles. The van der Waals surface area contributed by atoms with E-state index in [1.54, 1.807) is 26.2 Å². The molecule has 4 N–H and O–H groups in total. The van der Waals surface area contributed by atoms with Crippen LogP contribution in [0.2, 0.25) is 0 Å². The SMILES string of the molecule is COC(=O)N[C@H](C(=O)N1C[C@@H](C(F)(F)F)C[C@H]1c1ncc(-c2ccc(-c3ccc(-c4cnc([C@@H]5CCCN5C(=O)[C@@H](COOC=N)C(C)C)[nH]4)cc3)cc2)[nH]1)C(C)C. The molecule has 4 aromatic rings. The van der Waals surface area contributed by atoms with Crippen molar-refractivity contribution in [2.75, 3.05) is 26.8 Å². The number of likely N-dealkylation sites (tertiary alicyclic amines) is 2. The smallest absolute Gasteiger partial charge is 0.407 e. The van der Waals surface area contributed by atoms with Crippen LogP contribution in [0, 0.1) is 29.1 Å². The van der Waals surface area contributed by atoms with Crippen molar-refractivity contribution in [2.45, 2.75) is 71.3 Å². The van der Waals surface area contributed by atoms with Gasteiger partial charge in [-0.3, -0.25) is 15.0 Å². The highest BCUT2D eigenvalue weighted by Crippen LogP contribution is 2.43. The van der Waals surface area contributed by atoms with E-state index in [1.807, 2.05) is 67.3 Å². The molecule has 0 bridgehead atoms. The maximum absolute atomic E-state index is 14.0. The molecule has 310 valence electrons. The Labute approximate surface area is 334 Å². The molecule has 3 amide bonds. The Balaban J connectivity index is 1.13. The highest BCUT2D eigenvalue weighted by molar-refractivity contribution is 5.86. The first kappa shape index (κ1) is 41.9. The van der Waals surface area contributed by atoms with Crippen LogP contribution in [0.3, 0.4) is 0 Å². The maximum atomic E-state index is 14.0.